The molecule has 0 aromatic heterocycles. The lowest BCUT2D eigenvalue weighted by Gasteiger charge is -2.17. The fraction of sp³-hybridized carbons (Fsp3) is 0.462. The predicted octanol–water partition coefficient (Wildman–Crippen LogP) is 1.94. The van der Waals surface area contributed by atoms with Gasteiger partial charge in [0.1, 0.15) is 12.0 Å². The molecule has 4 nitrogen and oxygen atoms in total. The van der Waals surface area contributed by atoms with E-state index in [0.717, 1.165) is 24.7 Å². The van der Waals surface area contributed by atoms with Gasteiger partial charge >= 0.3 is 0 Å². The molecule has 92 valence electrons. The Morgan fingerprint density at radius 2 is 1.53 bits per heavy atom. The Bertz CT molecular complexity index is 435. The molecule has 2 rings (SSSR count). The van der Waals surface area contributed by atoms with Gasteiger partial charge in [0, 0.05) is 11.6 Å². The van der Waals surface area contributed by atoms with Crippen molar-refractivity contribution in [3.05, 3.63) is 17.7 Å². The van der Waals surface area contributed by atoms with Crippen molar-refractivity contribution in [3.63, 3.8) is 0 Å². The van der Waals surface area contributed by atoms with Crippen LogP contribution in [0.5, 0.6) is 17.2 Å². The highest BCUT2D eigenvalue weighted by Gasteiger charge is 2.46. The molecule has 0 spiro atoms. The molecule has 0 N–H and O–H groups in total. The van der Waals surface area contributed by atoms with E-state index in [9.17, 15) is 4.79 Å². The molecule has 0 bridgehead atoms. The molecule has 1 saturated carbocycles. The number of carbonyl (C=O) groups excluding carboxylic acids is 1. The van der Waals surface area contributed by atoms with Crippen LogP contribution in [-0.2, 0) is 10.2 Å². The van der Waals surface area contributed by atoms with Gasteiger partial charge in [-0.15, -0.1) is 0 Å². The first kappa shape index (κ1) is 11.8. The summed E-state index contributed by atoms with van der Waals surface area (Å²) in [6.07, 6.45) is 2.72. The van der Waals surface area contributed by atoms with Gasteiger partial charge in [-0.3, -0.25) is 0 Å². The van der Waals surface area contributed by atoms with Gasteiger partial charge in [0.2, 0.25) is 0 Å². The highest BCUT2D eigenvalue weighted by molar-refractivity contribution is 5.76. The van der Waals surface area contributed by atoms with Crippen molar-refractivity contribution in [1.82, 2.24) is 0 Å². The molecule has 0 unspecified atom stereocenters. The van der Waals surface area contributed by atoms with Crippen LogP contribution in [0.1, 0.15) is 18.4 Å². The molecular formula is C13H16O4. The molecule has 0 heterocycles. The third-order valence-electron chi connectivity index (χ3n) is 3.26. The first-order valence-electron chi connectivity index (χ1n) is 5.47. The van der Waals surface area contributed by atoms with Crippen LogP contribution in [-0.4, -0.2) is 27.6 Å². The van der Waals surface area contributed by atoms with E-state index in [0.29, 0.717) is 17.2 Å². The summed E-state index contributed by atoms with van der Waals surface area (Å²) in [5.41, 5.74) is 0.498. The molecule has 1 aromatic carbocycles. The van der Waals surface area contributed by atoms with Crippen molar-refractivity contribution in [2.75, 3.05) is 21.3 Å². The average molecular weight is 236 g/mol. The summed E-state index contributed by atoms with van der Waals surface area (Å²) in [7, 11) is 4.74. The van der Waals surface area contributed by atoms with Crippen molar-refractivity contribution in [1.29, 1.82) is 0 Å². The Kier molecular flexibility index (Phi) is 2.96. The van der Waals surface area contributed by atoms with E-state index < -0.39 is 0 Å². The van der Waals surface area contributed by atoms with Gasteiger partial charge in [-0.1, -0.05) is 0 Å². The standard InChI is InChI=1S/C13H16O4/c1-15-10-7-12(17-3)11(16-2)6-9(10)13(8-14)4-5-13/h6-8H,4-5H2,1-3H3. The Balaban J connectivity index is 2.54. The van der Waals surface area contributed by atoms with E-state index >= 15 is 0 Å². The highest BCUT2D eigenvalue weighted by Crippen LogP contribution is 2.52. The number of methoxy groups -OCH3 is 3. The molecule has 0 amide bonds. The maximum absolute atomic E-state index is 11.2. The zero-order valence-electron chi connectivity index (χ0n) is 10.3. The Morgan fingerprint density at radius 3 is 1.94 bits per heavy atom. The Labute approximate surface area is 100 Å². The van der Waals surface area contributed by atoms with Gasteiger partial charge in [0.15, 0.2) is 11.5 Å². The fourth-order valence-electron chi connectivity index (χ4n) is 2.00. The zero-order valence-corrected chi connectivity index (χ0v) is 10.3. The number of rotatable bonds is 5. The van der Waals surface area contributed by atoms with Crippen LogP contribution < -0.4 is 14.2 Å². The number of carbonyl (C=O) groups is 1. The third kappa shape index (κ3) is 1.84. The van der Waals surface area contributed by atoms with Gasteiger partial charge in [0.05, 0.1) is 26.7 Å². The Hall–Kier alpha value is -1.71. The normalized spacial score (nSPS) is 16.2. The largest absolute Gasteiger partial charge is 0.496 e. The molecule has 0 atom stereocenters. The average Bonchev–Trinajstić information content (AvgIpc) is 3.18. The second-order valence-electron chi connectivity index (χ2n) is 4.18. The van der Waals surface area contributed by atoms with Gasteiger partial charge in [-0.2, -0.15) is 0 Å². The molecular weight excluding hydrogens is 220 g/mol. The summed E-state index contributed by atoms with van der Waals surface area (Å²) in [4.78, 5) is 11.2. The second kappa shape index (κ2) is 4.28. The molecule has 17 heavy (non-hydrogen) atoms. The van der Waals surface area contributed by atoms with Crippen LogP contribution in [0.3, 0.4) is 0 Å². The molecule has 4 heteroatoms. The summed E-state index contributed by atoms with van der Waals surface area (Å²) < 4.78 is 15.8. The van der Waals surface area contributed by atoms with E-state index in [1.165, 1.54) is 0 Å². The summed E-state index contributed by atoms with van der Waals surface area (Å²) in [6, 6.07) is 3.59. The SMILES string of the molecule is COc1cc(OC)c(C2(C=O)CC2)cc1OC. The van der Waals surface area contributed by atoms with E-state index in [-0.39, 0.29) is 5.41 Å². The van der Waals surface area contributed by atoms with Crippen LogP contribution in [0.15, 0.2) is 12.1 Å². The third-order valence-corrected chi connectivity index (χ3v) is 3.26. The first-order valence-corrected chi connectivity index (χ1v) is 5.47. The molecule has 1 aromatic rings. The van der Waals surface area contributed by atoms with E-state index in [4.69, 9.17) is 14.2 Å². The van der Waals surface area contributed by atoms with Crippen LogP contribution in [0.2, 0.25) is 0 Å². The van der Waals surface area contributed by atoms with Gasteiger partial charge in [0.25, 0.3) is 0 Å². The van der Waals surface area contributed by atoms with Gasteiger partial charge < -0.3 is 19.0 Å². The summed E-state index contributed by atoms with van der Waals surface area (Å²) >= 11 is 0. The van der Waals surface area contributed by atoms with Crippen molar-refractivity contribution in [3.8, 4) is 17.2 Å². The molecule has 0 saturated heterocycles. The predicted molar refractivity (Wildman–Crippen MR) is 63.1 cm³/mol. The summed E-state index contributed by atoms with van der Waals surface area (Å²) in [5.74, 6) is 1.90. The van der Waals surface area contributed by atoms with E-state index in [1.54, 1.807) is 27.4 Å². The number of benzene rings is 1. The van der Waals surface area contributed by atoms with Crippen LogP contribution >= 0.6 is 0 Å². The smallest absolute Gasteiger partial charge is 0.164 e. The quantitative estimate of drug-likeness (QED) is 0.733. The summed E-state index contributed by atoms with van der Waals surface area (Å²) in [6.45, 7) is 0. The summed E-state index contributed by atoms with van der Waals surface area (Å²) in [5, 5.41) is 0. The molecule has 1 fully saturated rings. The molecule has 0 aliphatic heterocycles. The monoisotopic (exact) mass is 236 g/mol. The van der Waals surface area contributed by atoms with Crippen molar-refractivity contribution < 1.29 is 19.0 Å². The number of hydrogen-bond donors (Lipinski definition) is 0. The van der Waals surface area contributed by atoms with Gasteiger partial charge in [-0.05, 0) is 18.9 Å². The first-order chi connectivity index (χ1) is 8.20. The lowest BCUT2D eigenvalue weighted by molar-refractivity contribution is -0.109. The van der Waals surface area contributed by atoms with Gasteiger partial charge in [-0.25, -0.2) is 0 Å². The van der Waals surface area contributed by atoms with Crippen LogP contribution in [0.25, 0.3) is 0 Å². The topological polar surface area (TPSA) is 44.8 Å². The van der Waals surface area contributed by atoms with Crippen LogP contribution in [0.4, 0.5) is 0 Å². The van der Waals surface area contributed by atoms with Crippen molar-refractivity contribution in [2.24, 2.45) is 0 Å². The Morgan fingerprint density at radius 1 is 1.00 bits per heavy atom. The minimum absolute atomic E-state index is 0.384. The minimum atomic E-state index is -0.384. The number of hydrogen-bond acceptors (Lipinski definition) is 4. The van der Waals surface area contributed by atoms with E-state index in [1.807, 2.05) is 6.07 Å². The van der Waals surface area contributed by atoms with Crippen molar-refractivity contribution >= 4 is 6.29 Å². The van der Waals surface area contributed by atoms with Crippen LogP contribution in [0, 0.1) is 0 Å². The van der Waals surface area contributed by atoms with E-state index in [2.05, 4.69) is 0 Å². The van der Waals surface area contributed by atoms with Crippen molar-refractivity contribution in [2.45, 2.75) is 18.3 Å². The maximum Gasteiger partial charge on any atom is 0.164 e. The lowest BCUT2D eigenvalue weighted by Crippen LogP contribution is -2.10. The zero-order chi connectivity index (χ0) is 12.5. The fourth-order valence-corrected chi connectivity index (χ4v) is 2.00. The molecule has 0 radical (unpaired) electrons. The highest BCUT2D eigenvalue weighted by atomic mass is 16.5. The molecule has 1 aliphatic carbocycles. The second-order valence-corrected chi connectivity index (χ2v) is 4.18. The number of aldehydes is 1. The maximum atomic E-state index is 11.2. The lowest BCUT2D eigenvalue weighted by atomic mass is 9.96. The molecule has 1 aliphatic rings. The minimum Gasteiger partial charge on any atom is -0.496 e. The number of ether oxygens (including phenoxy) is 3.